The van der Waals surface area contributed by atoms with Gasteiger partial charge in [-0.1, -0.05) is 6.07 Å². The van der Waals surface area contributed by atoms with Crippen LogP contribution < -0.4 is 0 Å². The number of rotatable bonds is 5. The Hall–Kier alpha value is -1.68. The number of halogens is 3. The second-order valence-corrected chi connectivity index (χ2v) is 5.53. The van der Waals surface area contributed by atoms with E-state index >= 15 is 0 Å². The second kappa shape index (κ2) is 5.53. The van der Waals surface area contributed by atoms with Crippen LogP contribution in [-0.2, 0) is 10.0 Å². The average molecular weight is 298 g/mol. The van der Waals surface area contributed by atoms with Gasteiger partial charge < -0.3 is 0 Å². The molecule has 0 aliphatic carbocycles. The zero-order chi connectivity index (χ0) is 14.8. The van der Waals surface area contributed by atoms with Crippen molar-refractivity contribution in [2.45, 2.75) is 11.3 Å². The molecule has 0 bridgehead atoms. The Labute approximate surface area is 106 Å². The molecule has 1 aromatic rings. The molecule has 10 heteroatoms. The molecular formula is C9H9F3N2O4S. The number of benzene rings is 1. The summed E-state index contributed by atoms with van der Waals surface area (Å²) in [5.74, 6) is -1.35. The molecule has 0 aliphatic rings. The molecule has 0 N–H and O–H groups in total. The zero-order valence-electron chi connectivity index (χ0n) is 9.59. The van der Waals surface area contributed by atoms with Crippen LogP contribution in [0.2, 0.25) is 0 Å². The van der Waals surface area contributed by atoms with Crippen molar-refractivity contribution in [3.05, 3.63) is 34.1 Å². The summed E-state index contributed by atoms with van der Waals surface area (Å²) in [6.45, 7) is -1.14. The summed E-state index contributed by atoms with van der Waals surface area (Å²) in [7, 11) is -3.73. The number of sulfonamides is 1. The zero-order valence-corrected chi connectivity index (χ0v) is 10.4. The molecule has 0 radical (unpaired) electrons. The second-order valence-electron chi connectivity index (χ2n) is 3.52. The van der Waals surface area contributed by atoms with Gasteiger partial charge in [0, 0.05) is 7.05 Å². The first kappa shape index (κ1) is 15.4. The minimum Gasteiger partial charge on any atom is -0.258 e. The van der Waals surface area contributed by atoms with E-state index in [1.54, 1.807) is 0 Å². The summed E-state index contributed by atoms with van der Waals surface area (Å²) in [6.07, 6.45) is -2.95. The van der Waals surface area contributed by atoms with Gasteiger partial charge in [0.25, 0.3) is 6.43 Å². The molecule has 0 saturated heterocycles. The number of nitro benzene ring substituents is 1. The van der Waals surface area contributed by atoms with E-state index in [0.717, 1.165) is 19.2 Å². The summed E-state index contributed by atoms with van der Waals surface area (Å²) in [5.41, 5.74) is -1.26. The third-order valence-corrected chi connectivity index (χ3v) is 4.07. The highest BCUT2D eigenvalue weighted by atomic mass is 32.2. The van der Waals surface area contributed by atoms with Crippen molar-refractivity contribution in [3.8, 4) is 0 Å². The van der Waals surface area contributed by atoms with Gasteiger partial charge in [-0.3, -0.25) is 10.1 Å². The minimum absolute atomic E-state index is 0.236. The molecular weight excluding hydrogens is 289 g/mol. The Kier molecular flexibility index (Phi) is 4.48. The molecule has 0 spiro atoms. The van der Waals surface area contributed by atoms with Crippen LogP contribution in [0.15, 0.2) is 23.1 Å². The van der Waals surface area contributed by atoms with E-state index in [0.29, 0.717) is 6.07 Å². The third kappa shape index (κ3) is 3.20. The van der Waals surface area contributed by atoms with E-state index in [2.05, 4.69) is 0 Å². The van der Waals surface area contributed by atoms with Gasteiger partial charge >= 0.3 is 5.69 Å². The Morgan fingerprint density at radius 2 is 2.00 bits per heavy atom. The van der Waals surface area contributed by atoms with Gasteiger partial charge in [0.2, 0.25) is 15.8 Å². The fourth-order valence-corrected chi connectivity index (χ4v) is 2.65. The number of nitro groups is 1. The number of nitrogens with zero attached hydrogens (tertiary/aromatic N) is 2. The first-order valence-corrected chi connectivity index (χ1v) is 6.29. The fourth-order valence-electron chi connectivity index (χ4n) is 1.34. The largest absolute Gasteiger partial charge is 0.324 e. The van der Waals surface area contributed by atoms with Crippen molar-refractivity contribution < 1.29 is 26.5 Å². The van der Waals surface area contributed by atoms with Crippen LogP contribution in [0.4, 0.5) is 18.9 Å². The lowest BCUT2D eigenvalue weighted by molar-refractivity contribution is -0.390. The van der Waals surface area contributed by atoms with Gasteiger partial charge in [-0.15, -0.1) is 0 Å². The van der Waals surface area contributed by atoms with Crippen LogP contribution >= 0.6 is 0 Å². The Morgan fingerprint density at radius 1 is 1.42 bits per heavy atom. The maximum absolute atomic E-state index is 13.3. The number of hydrogen-bond acceptors (Lipinski definition) is 4. The van der Waals surface area contributed by atoms with E-state index in [9.17, 15) is 31.7 Å². The Morgan fingerprint density at radius 3 is 2.47 bits per heavy atom. The topological polar surface area (TPSA) is 80.5 Å². The molecule has 1 rings (SSSR count). The molecule has 0 atom stereocenters. The highest BCUT2D eigenvalue weighted by Gasteiger charge is 2.33. The van der Waals surface area contributed by atoms with Crippen LogP contribution in [-0.4, -0.2) is 37.7 Å². The Bertz CT molecular complexity index is 591. The van der Waals surface area contributed by atoms with E-state index < -0.39 is 44.3 Å². The third-order valence-electron chi connectivity index (χ3n) is 2.22. The average Bonchev–Trinajstić information content (AvgIpc) is 2.26. The van der Waals surface area contributed by atoms with Gasteiger partial charge in [-0.25, -0.2) is 17.2 Å². The highest BCUT2D eigenvalue weighted by Crippen LogP contribution is 2.28. The molecule has 0 aromatic heterocycles. The van der Waals surface area contributed by atoms with Gasteiger partial charge in [-0.2, -0.15) is 8.70 Å². The van der Waals surface area contributed by atoms with E-state index in [4.69, 9.17) is 0 Å². The van der Waals surface area contributed by atoms with Crippen LogP contribution in [0.5, 0.6) is 0 Å². The van der Waals surface area contributed by atoms with Crippen molar-refractivity contribution >= 4 is 15.7 Å². The van der Waals surface area contributed by atoms with Gasteiger partial charge in [-0.05, 0) is 12.1 Å². The molecule has 0 fully saturated rings. The summed E-state index contributed by atoms with van der Waals surface area (Å²) in [4.78, 5) is 8.50. The first-order chi connectivity index (χ1) is 8.67. The fraction of sp³-hybridized carbons (Fsp3) is 0.333. The minimum atomic E-state index is -4.56. The number of hydrogen-bond donors (Lipinski definition) is 0. The van der Waals surface area contributed by atoms with Crippen LogP contribution in [0.3, 0.4) is 0 Å². The monoisotopic (exact) mass is 298 g/mol. The smallest absolute Gasteiger partial charge is 0.258 e. The van der Waals surface area contributed by atoms with Crippen molar-refractivity contribution in [1.82, 2.24) is 4.31 Å². The molecule has 1 aromatic carbocycles. The van der Waals surface area contributed by atoms with Gasteiger partial charge in [0.15, 0.2) is 4.90 Å². The van der Waals surface area contributed by atoms with E-state index in [-0.39, 0.29) is 4.31 Å². The van der Waals surface area contributed by atoms with Gasteiger partial charge in [0.05, 0.1) is 11.5 Å². The molecule has 106 valence electrons. The van der Waals surface area contributed by atoms with Crippen molar-refractivity contribution in [2.75, 3.05) is 13.6 Å². The molecule has 0 aliphatic heterocycles. The van der Waals surface area contributed by atoms with Gasteiger partial charge in [0.1, 0.15) is 0 Å². The van der Waals surface area contributed by atoms with Crippen molar-refractivity contribution in [2.24, 2.45) is 0 Å². The van der Waals surface area contributed by atoms with E-state index in [1.165, 1.54) is 0 Å². The Balaban J connectivity index is 3.37. The lowest BCUT2D eigenvalue weighted by Crippen LogP contribution is -2.31. The van der Waals surface area contributed by atoms with Crippen molar-refractivity contribution in [1.29, 1.82) is 0 Å². The summed E-state index contributed by atoms with van der Waals surface area (Å²) < 4.78 is 61.6. The maximum atomic E-state index is 13.3. The number of alkyl halides is 2. The number of para-hydroxylation sites is 1. The summed E-state index contributed by atoms with van der Waals surface area (Å²) >= 11 is 0. The van der Waals surface area contributed by atoms with E-state index in [1.807, 2.05) is 0 Å². The normalized spacial score (nSPS) is 12.1. The lowest BCUT2D eigenvalue weighted by atomic mass is 10.3. The summed E-state index contributed by atoms with van der Waals surface area (Å²) in [5, 5.41) is 10.7. The van der Waals surface area contributed by atoms with Crippen molar-refractivity contribution in [3.63, 3.8) is 0 Å². The molecule has 0 saturated carbocycles. The molecule has 19 heavy (non-hydrogen) atoms. The molecule has 0 heterocycles. The first-order valence-electron chi connectivity index (χ1n) is 4.85. The standard InChI is InChI=1S/C9H9F3N2O4S/c1-13(5-8(11)12)19(17,18)7-4-2-3-6(10)9(7)14(15)16/h2-4,8H,5H2,1H3. The lowest BCUT2D eigenvalue weighted by Gasteiger charge is -2.16. The van der Waals surface area contributed by atoms with Crippen LogP contribution in [0, 0.1) is 15.9 Å². The van der Waals surface area contributed by atoms with Crippen LogP contribution in [0.25, 0.3) is 0 Å². The van der Waals surface area contributed by atoms with Crippen LogP contribution in [0.1, 0.15) is 0 Å². The molecule has 6 nitrogen and oxygen atoms in total. The predicted molar refractivity (Wildman–Crippen MR) is 58.9 cm³/mol. The molecule has 0 amide bonds. The quantitative estimate of drug-likeness (QED) is 0.611. The SMILES string of the molecule is CN(CC(F)F)S(=O)(=O)c1cccc(F)c1[N+](=O)[O-]. The molecule has 0 unspecified atom stereocenters. The predicted octanol–water partition coefficient (Wildman–Crippen LogP) is 1.62. The highest BCUT2D eigenvalue weighted by molar-refractivity contribution is 7.89. The summed E-state index contributed by atoms with van der Waals surface area (Å²) in [6, 6.07) is 2.45. The maximum Gasteiger partial charge on any atom is 0.324 e.